The Labute approximate surface area is 242 Å². The molecule has 1 saturated heterocycles. The number of nitro groups is 1. The van der Waals surface area contributed by atoms with Gasteiger partial charge in [0.05, 0.1) is 9.83 Å². The Morgan fingerprint density at radius 3 is 2.43 bits per heavy atom. The normalized spacial score (nSPS) is 18.4. The van der Waals surface area contributed by atoms with Gasteiger partial charge in [-0.2, -0.15) is 0 Å². The Morgan fingerprint density at radius 1 is 1.07 bits per heavy atom. The van der Waals surface area contributed by atoms with E-state index in [1.807, 2.05) is 0 Å². The molecule has 0 radical (unpaired) electrons. The summed E-state index contributed by atoms with van der Waals surface area (Å²) >= 11 is 0.995. The van der Waals surface area contributed by atoms with E-state index >= 15 is 0 Å². The van der Waals surface area contributed by atoms with E-state index in [1.54, 1.807) is 30.3 Å². The number of hydrogen-bond acceptors (Lipinski definition) is 12. The Kier molecular flexibility index (Phi) is 9.54. The van der Waals surface area contributed by atoms with Crippen LogP contribution in [0, 0.1) is 10.1 Å². The maximum Gasteiger partial charge on any atom is 0.355 e. The summed E-state index contributed by atoms with van der Waals surface area (Å²) in [5, 5.41) is 12.6. The third-order valence-electron chi connectivity index (χ3n) is 5.91. The van der Waals surface area contributed by atoms with Crippen LogP contribution >= 0.6 is 11.8 Å². The van der Waals surface area contributed by atoms with Crippen LogP contribution in [0.4, 0.5) is 5.69 Å². The van der Waals surface area contributed by atoms with Crippen LogP contribution in [0.5, 0.6) is 5.75 Å². The Balaban J connectivity index is 1.56. The zero-order valence-electron chi connectivity index (χ0n) is 21.9. The number of esters is 2. The first-order valence-electron chi connectivity index (χ1n) is 12.2. The summed E-state index contributed by atoms with van der Waals surface area (Å²) in [4.78, 5) is 73.3. The van der Waals surface area contributed by atoms with Gasteiger partial charge in [0.2, 0.25) is 0 Å². The highest BCUT2D eigenvalue weighted by molar-refractivity contribution is 8.04. The van der Waals surface area contributed by atoms with E-state index in [9.17, 15) is 34.1 Å². The number of ether oxygens (including phenoxy) is 4. The molecule has 2 aromatic carbocycles. The summed E-state index contributed by atoms with van der Waals surface area (Å²) in [6, 6.07) is 12.8. The summed E-state index contributed by atoms with van der Waals surface area (Å²) in [6.45, 7) is 0.148. The van der Waals surface area contributed by atoms with Crippen molar-refractivity contribution in [3.63, 3.8) is 0 Å². The summed E-state index contributed by atoms with van der Waals surface area (Å²) in [6.07, 6.45) is 1.03. The molecule has 42 heavy (non-hydrogen) atoms. The lowest BCUT2D eigenvalue weighted by molar-refractivity contribution is -0.384. The molecular weight excluding hydrogens is 574 g/mol. The van der Waals surface area contributed by atoms with Gasteiger partial charge in [0.25, 0.3) is 24.0 Å². The molecule has 15 heteroatoms. The minimum atomic E-state index is -1.07. The number of rotatable bonds is 12. The zero-order chi connectivity index (χ0) is 30.2. The lowest BCUT2D eigenvalue weighted by Crippen LogP contribution is -2.70. The number of benzene rings is 2. The molecule has 0 spiro atoms. The standard InChI is InChI=1S/C27H23N3O11S/c1-16(32)39-12-20-21(13-38-15-31)42-26-23(28-22(33)14-40-19-5-3-2-4-6-19)25(34)29(26)24(20)27(35)41-11-17-7-9-18(10-8-17)30(36)37/h2-10,13,15,23,26H,11-12,14H2,1H3,(H,28,33)/t23?,26-/m1/s1. The van der Waals surface area contributed by atoms with Crippen molar-refractivity contribution in [1.82, 2.24) is 10.2 Å². The van der Waals surface area contributed by atoms with Gasteiger partial charge in [-0.25, -0.2) is 4.79 Å². The van der Waals surface area contributed by atoms with Crippen LogP contribution in [0.25, 0.3) is 0 Å². The molecule has 1 unspecified atom stereocenters. The van der Waals surface area contributed by atoms with Gasteiger partial charge >= 0.3 is 11.9 Å². The van der Waals surface area contributed by atoms with Gasteiger partial charge < -0.3 is 24.3 Å². The molecule has 0 aromatic heterocycles. The predicted octanol–water partition coefficient (Wildman–Crippen LogP) is 1.95. The van der Waals surface area contributed by atoms with E-state index < -0.39 is 46.7 Å². The molecule has 2 atom stereocenters. The van der Waals surface area contributed by atoms with E-state index in [4.69, 9.17) is 18.9 Å². The molecule has 4 rings (SSSR count). The topological polar surface area (TPSA) is 181 Å². The number of nitrogens with one attached hydrogen (secondary N) is 1. The van der Waals surface area contributed by atoms with Gasteiger partial charge in [0.15, 0.2) is 6.61 Å². The van der Waals surface area contributed by atoms with Crippen molar-refractivity contribution in [2.75, 3.05) is 13.2 Å². The quantitative estimate of drug-likeness (QED) is 0.0715. The Hall–Kier alpha value is -5.18. The zero-order valence-corrected chi connectivity index (χ0v) is 22.7. The molecule has 0 aliphatic carbocycles. The molecule has 218 valence electrons. The summed E-state index contributed by atoms with van der Waals surface area (Å²) < 4.78 is 20.7. The number of nitro benzene ring substituents is 1. The fraction of sp³-hybridized carbons (Fsp3) is 0.222. The summed E-state index contributed by atoms with van der Waals surface area (Å²) in [7, 11) is 0. The van der Waals surface area contributed by atoms with Gasteiger partial charge in [-0.3, -0.25) is 34.2 Å². The number of carbonyl (C=O) groups excluding carboxylic acids is 5. The number of nitrogens with zero attached hydrogens (tertiary/aromatic N) is 2. The van der Waals surface area contributed by atoms with E-state index in [1.165, 1.54) is 24.3 Å². The smallest absolute Gasteiger partial charge is 0.355 e. The minimum Gasteiger partial charge on any atom is -0.484 e. The van der Waals surface area contributed by atoms with Gasteiger partial charge in [-0.1, -0.05) is 30.0 Å². The van der Waals surface area contributed by atoms with Crippen molar-refractivity contribution in [3.05, 3.63) is 92.7 Å². The molecule has 1 N–H and O–H groups in total. The second-order valence-electron chi connectivity index (χ2n) is 8.69. The molecule has 0 bridgehead atoms. The van der Waals surface area contributed by atoms with Crippen LogP contribution < -0.4 is 10.1 Å². The van der Waals surface area contributed by atoms with Crippen molar-refractivity contribution >= 4 is 47.7 Å². The second-order valence-corrected chi connectivity index (χ2v) is 9.84. The third-order valence-corrected chi connectivity index (χ3v) is 7.23. The molecule has 2 aromatic rings. The van der Waals surface area contributed by atoms with Gasteiger partial charge in [0, 0.05) is 24.6 Å². The maximum absolute atomic E-state index is 13.4. The molecule has 0 saturated carbocycles. The number of hydrogen-bond donors (Lipinski definition) is 1. The molecule has 2 aliphatic rings. The minimum absolute atomic E-state index is 0.0348. The van der Waals surface area contributed by atoms with Crippen LogP contribution in [0.3, 0.4) is 0 Å². The molecule has 2 aliphatic heterocycles. The number of carbonyl (C=O) groups is 5. The van der Waals surface area contributed by atoms with Gasteiger partial charge in [0.1, 0.15) is 42.3 Å². The van der Waals surface area contributed by atoms with E-state index in [0.29, 0.717) is 11.3 Å². The first kappa shape index (κ1) is 29.8. The van der Waals surface area contributed by atoms with E-state index in [-0.39, 0.29) is 41.5 Å². The summed E-state index contributed by atoms with van der Waals surface area (Å²) in [5.74, 6) is -2.44. The first-order chi connectivity index (χ1) is 20.2. The number of non-ortho nitro benzene ring substituents is 1. The van der Waals surface area contributed by atoms with Crippen molar-refractivity contribution in [3.8, 4) is 5.75 Å². The lowest BCUT2D eigenvalue weighted by atomic mass is 10.0. The van der Waals surface area contributed by atoms with Crippen molar-refractivity contribution in [1.29, 1.82) is 0 Å². The fourth-order valence-corrected chi connectivity index (χ4v) is 5.26. The van der Waals surface area contributed by atoms with Crippen LogP contribution in [-0.4, -0.2) is 64.7 Å². The lowest BCUT2D eigenvalue weighted by Gasteiger charge is -2.49. The number of thioether (sulfide) groups is 1. The highest BCUT2D eigenvalue weighted by Gasteiger charge is 2.56. The maximum atomic E-state index is 13.4. The second kappa shape index (κ2) is 13.5. The molecule has 1 fully saturated rings. The third kappa shape index (κ3) is 6.93. The molecule has 14 nitrogen and oxygen atoms in total. The van der Waals surface area contributed by atoms with E-state index in [2.05, 4.69) is 5.32 Å². The van der Waals surface area contributed by atoms with Crippen LogP contribution in [0.1, 0.15) is 12.5 Å². The molecule has 2 heterocycles. The van der Waals surface area contributed by atoms with Crippen LogP contribution in [0.2, 0.25) is 0 Å². The predicted molar refractivity (Wildman–Crippen MR) is 144 cm³/mol. The highest BCUT2D eigenvalue weighted by atomic mass is 32.2. The highest BCUT2D eigenvalue weighted by Crippen LogP contribution is 2.47. The molecular formula is C27H23N3O11S. The number of para-hydroxylation sites is 1. The Bertz CT molecular complexity index is 1460. The monoisotopic (exact) mass is 597 g/mol. The fourth-order valence-electron chi connectivity index (χ4n) is 3.95. The number of fused-ring (bicyclic) bond motifs is 1. The largest absolute Gasteiger partial charge is 0.484 e. The van der Waals surface area contributed by atoms with Crippen LogP contribution in [0.15, 0.2) is 77.0 Å². The van der Waals surface area contributed by atoms with Crippen molar-refractivity contribution < 1.29 is 47.8 Å². The van der Waals surface area contributed by atoms with Gasteiger partial charge in [-0.15, -0.1) is 0 Å². The average molecular weight is 598 g/mol. The SMILES string of the molecule is CC(=O)OCC1=C(C(=O)OCc2ccc([N+](=O)[O-])cc2)N2C(=O)C(NC(=O)COc3ccccc3)[C@H]2SC1=COC=O. The number of β-lactam (4-membered cyclic amide) rings is 1. The van der Waals surface area contributed by atoms with Crippen LogP contribution in [-0.2, 0) is 44.8 Å². The average Bonchev–Trinajstić information content (AvgIpc) is 2.99. The van der Waals surface area contributed by atoms with Crippen molar-refractivity contribution in [2.45, 2.75) is 24.9 Å². The van der Waals surface area contributed by atoms with Crippen molar-refractivity contribution in [2.24, 2.45) is 0 Å². The Morgan fingerprint density at radius 2 is 1.79 bits per heavy atom. The van der Waals surface area contributed by atoms with Gasteiger partial charge in [-0.05, 0) is 29.8 Å². The van der Waals surface area contributed by atoms with E-state index in [0.717, 1.165) is 29.8 Å². The first-order valence-corrected chi connectivity index (χ1v) is 13.1. The number of amides is 2. The molecule has 2 amide bonds. The summed E-state index contributed by atoms with van der Waals surface area (Å²) in [5.41, 5.74) is 0.0320.